The molecule has 0 spiro atoms. The standard InChI is InChI=1S/C22H22N2O3S2/c1-28-20-11-13-21(14-12-20)29(26,27)24-19-9-7-18(8-10-19)22(25)23-16-15-17-5-3-2-4-6-17/h2-14,24H,15-16H2,1H3,(H,23,25). The van der Waals surface area contributed by atoms with Crippen LogP contribution in [0.1, 0.15) is 15.9 Å². The largest absolute Gasteiger partial charge is 0.352 e. The zero-order valence-electron chi connectivity index (χ0n) is 16.0. The highest BCUT2D eigenvalue weighted by Gasteiger charge is 2.14. The Labute approximate surface area is 175 Å². The van der Waals surface area contributed by atoms with Gasteiger partial charge in [-0.2, -0.15) is 0 Å². The maximum absolute atomic E-state index is 12.5. The van der Waals surface area contributed by atoms with Gasteiger partial charge in [-0.25, -0.2) is 8.42 Å². The molecule has 3 rings (SSSR count). The lowest BCUT2D eigenvalue weighted by atomic mass is 10.1. The van der Waals surface area contributed by atoms with Crippen LogP contribution >= 0.6 is 11.8 Å². The van der Waals surface area contributed by atoms with Gasteiger partial charge in [0.15, 0.2) is 0 Å². The van der Waals surface area contributed by atoms with E-state index in [2.05, 4.69) is 10.0 Å². The van der Waals surface area contributed by atoms with E-state index in [1.807, 2.05) is 36.6 Å². The van der Waals surface area contributed by atoms with Gasteiger partial charge in [0.1, 0.15) is 0 Å². The first-order chi connectivity index (χ1) is 14.0. The van der Waals surface area contributed by atoms with Gasteiger partial charge in [0.25, 0.3) is 15.9 Å². The van der Waals surface area contributed by atoms with Crippen LogP contribution in [0.2, 0.25) is 0 Å². The van der Waals surface area contributed by atoms with Crippen LogP contribution in [0.4, 0.5) is 5.69 Å². The number of rotatable bonds is 8. The molecule has 2 N–H and O–H groups in total. The van der Waals surface area contributed by atoms with Gasteiger partial charge < -0.3 is 5.32 Å². The number of benzene rings is 3. The van der Waals surface area contributed by atoms with Gasteiger partial charge in [-0.05, 0) is 66.8 Å². The van der Waals surface area contributed by atoms with Gasteiger partial charge in [0, 0.05) is 22.7 Å². The summed E-state index contributed by atoms with van der Waals surface area (Å²) in [5.74, 6) is -0.192. The molecule has 0 aromatic heterocycles. The van der Waals surface area contributed by atoms with Crippen LogP contribution < -0.4 is 10.0 Å². The number of carbonyl (C=O) groups excluding carboxylic acids is 1. The van der Waals surface area contributed by atoms with Crippen LogP contribution in [0, 0.1) is 0 Å². The molecule has 0 atom stereocenters. The minimum atomic E-state index is -3.68. The van der Waals surface area contributed by atoms with Crippen molar-refractivity contribution < 1.29 is 13.2 Å². The van der Waals surface area contributed by atoms with Crippen LogP contribution in [-0.4, -0.2) is 27.1 Å². The smallest absolute Gasteiger partial charge is 0.261 e. The van der Waals surface area contributed by atoms with Gasteiger partial charge in [-0.1, -0.05) is 30.3 Å². The number of thioether (sulfide) groups is 1. The molecular formula is C22H22N2O3S2. The van der Waals surface area contributed by atoms with Crippen molar-refractivity contribution >= 4 is 33.4 Å². The third-order valence-corrected chi connectivity index (χ3v) is 6.45. The number of hydrogen-bond acceptors (Lipinski definition) is 4. The first-order valence-electron chi connectivity index (χ1n) is 9.07. The van der Waals surface area contributed by atoms with Crippen LogP contribution in [0.15, 0.2) is 88.7 Å². The molecule has 0 aliphatic rings. The summed E-state index contributed by atoms with van der Waals surface area (Å²) in [5, 5.41) is 2.87. The Balaban J connectivity index is 1.58. The lowest BCUT2D eigenvalue weighted by Crippen LogP contribution is -2.25. The number of anilines is 1. The number of sulfonamides is 1. The minimum absolute atomic E-state index is 0.192. The average Bonchev–Trinajstić information content (AvgIpc) is 2.75. The maximum Gasteiger partial charge on any atom is 0.261 e. The molecule has 0 heterocycles. The third-order valence-electron chi connectivity index (χ3n) is 4.31. The number of nitrogens with one attached hydrogen (secondary N) is 2. The summed E-state index contributed by atoms with van der Waals surface area (Å²) in [6, 6.07) is 23.0. The van der Waals surface area contributed by atoms with Gasteiger partial charge >= 0.3 is 0 Å². The third kappa shape index (κ3) is 5.85. The normalized spacial score (nSPS) is 11.1. The van der Waals surface area contributed by atoms with E-state index in [0.29, 0.717) is 17.8 Å². The minimum Gasteiger partial charge on any atom is -0.352 e. The van der Waals surface area contributed by atoms with E-state index < -0.39 is 10.0 Å². The van der Waals surface area contributed by atoms with Crippen molar-refractivity contribution in [3.05, 3.63) is 90.0 Å². The van der Waals surface area contributed by atoms with Crippen molar-refractivity contribution in [3.8, 4) is 0 Å². The molecule has 1 amide bonds. The maximum atomic E-state index is 12.5. The van der Waals surface area contributed by atoms with Gasteiger partial charge in [-0.3, -0.25) is 9.52 Å². The molecule has 7 heteroatoms. The van der Waals surface area contributed by atoms with Gasteiger partial charge in [0.05, 0.1) is 4.90 Å². The van der Waals surface area contributed by atoms with Crippen molar-refractivity contribution in [2.75, 3.05) is 17.5 Å². The van der Waals surface area contributed by atoms with Crippen molar-refractivity contribution in [2.45, 2.75) is 16.2 Å². The monoisotopic (exact) mass is 426 g/mol. The van der Waals surface area contributed by atoms with Crippen molar-refractivity contribution in [3.63, 3.8) is 0 Å². The molecule has 0 radical (unpaired) electrons. The molecule has 0 saturated heterocycles. The van der Waals surface area contributed by atoms with E-state index in [9.17, 15) is 13.2 Å². The molecular weight excluding hydrogens is 404 g/mol. The SMILES string of the molecule is CSc1ccc(S(=O)(=O)Nc2ccc(C(=O)NCCc3ccccc3)cc2)cc1. The van der Waals surface area contributed by atoms with E-state index in [1.165, 1.54) is 0 Å². The quantitative estimate of drug-likeness (QED) is 0.530. The molecule has 0 bridgehead atoms. The van der Waals surface area contributed by atoms with E-state index in [4.69, 9.17) is 0 Å². The highest BCUT2D eigenvalue weighted by molar-refractivity contribution is 7.98. The predicted octanol–water partition coefficient (Wildman–Crippen LogP) is 4.18. The van der Waals surface area contributed by atoms with E-state index >= 15 is 0 Å². The van der Waals surface area contributed by atoms with Crippen molar-refractivity contribution in [1.29, 1.82) is 0 Å². The fourth-order valence-corrected chi connectivity index (χ4v) is 4.19. The highest BCUT2D eigenvalue weighted by atomic mass is 32.2. The zero-order valence-corrected chi connectivity index (χ0v) is 17.6. The second-order valence-corrected chi connectivity index (χ2v) is 8.91. The van der Waals surface area contributed by atoms with E-state index in [-0.39, 0.29) is 10.8 Å². The van der Waals surface area contributed by atoms with E-state index in [1.54, 1.807) is 60.3 Å². The van der Waals surface area contributed by atoms with Crippen LogP contribution in [0.25, 0.3) is 0 Å². The molecule has 0 aliphatic heterocycles. The Kier molecular flexibility index (Phi) is 6.95. The lowest BCUT2D eigenvalue weighted by molar-refractivity contribution is 0.0954. The number of amides is 1. The first kappa shape index (κ1) is 21.0. The summed E-state index contributed by atoms with van der Waals surface area (Å²) in [6.45, 7) is 0.531. The molecule has 3 aromatic rings. The van der Waals surface area contributed by atoms with E-state index in [0.717, 1.165) is 16.9 Å². The van der Waals surface area contributed by atoms with Gasteiger partial charge in [-0.15, -0.1) is 11.8 Å². The Bertz CT molecular complexity index is 1050. The zero-order chi connectivity index (χ0) is 20.7. The fraction of sp³-hybridized carbons (Fsp3) is 0.136. The number of hydrogen-bond donors (Lipinski definition) is 2. The number of carbonyl (C=O) groups is 1. The predicted molar refractivity (Wildman–Crippen MR) is 118 cm³/mol. The second kappa shape index (κ2) is 9.62. The van der Waals surface area contributed by atoms with Crippen LogP contribution in [0.5, 0.6) is 0 Å². The summed E-state index contributed by atoms with van der Waals surface area (Å²) in [5.41, 5.74) is 2.04. The van der Waals surface area contributed by atoms with Crippen molar-refractivity contribution in [2.24, 2.45) is 0 Å². The summed E-state index contributed by atoms with van der Waals surface area (Å²) < 4.78 is 27.5. The summed E-state index contributed by atoms with van der Waals surface area (Å²) >= 11 is 1.55. The Morgan fingerprint density at radius 2 is 1.55 bits per heavy atom. The molecule has 150 valence electrons. The average molecular weight is 427 g/mol. The molecule has 0 fully saturated rings. The Hall–Kier alpha value is -2.77. The molecule has 5 nitrogen and oxygen atoms in total. The second-order valence-electron chi connectivity index (χ2n) is 6.35. The summed E-state index contributed by atoms with van der Waals surface area (Å²) in [7, 11) is -3.68. The van der Waals surface area contributed by atoms with Gasteiger partial charge in [0.2, 0.25) is 0 Å². The first-order valence-corrected chi connectivity index (χ1v) is 11.8. The summed E-state index contributed by atoms with van der Waals surface area (Å²) in [6.07, 6.45) is 2.68. The van der Waals surface area contributed by atoms with Crippen LogP contribution in [-0.2, 0) is 16.4 Å². The molecule has 0 unspecified atom stereocenters. The molecule has 29 heavy (non-hydrogen) atoms. The molecule has 0 saturated carbocycles. The van der Waals surface area contributed by atoms with Crippen LogP contribution in [0.3, 0.4) is 0 Å². The Morgan fingerprint density at radius 1 is 0.897 bits per heavy atom. The fourth-order valence-electron chi connectivity index (χ4n) is 2.73. The topological polar surface area (TPSA) is 75.3 Å². The highest BCUT2D eigenvalue weighted by Crippen LogP contribution is 2.20. The Morgan fingerprint density at radius 3 is 2.17 bits per heavy atom. The summed E-state index contributed by atoms with van der Waals surface area (Å²) in [4.78, 5) is 13.4. The van der Waals surface area contributed by atoms with Crippen molar-refractivity contribution in [1.82, 2.24) is 5.32 Å². The molecule has 3 aromatic carbocycles. The lowest BCUT2D eigenvalue weighted by Gasteiger charge is -2.10. The molecule has 0 aliphatic carbocycles.